The number of piperidine rings is 1. The third-order valence-electron chi connectivity index (χ3n) is 3.21. The van der Waals surface area contributed by atoms with Gasteiger partial charge in [-0.25, -0.2) is 0 Å². The van der Waals surface area contributed by atoms with Gasteiger partial charge in [0.25, 0.3) is 0 Å². The summed E-state index contributed by atoms with van der Waals surface area (Å²) in [7, 11) is 0. The van der Waals surface area contributed by atoms with Crippen LogP contribution in [-0.2, 0) is 0 Å². The van der Waals surface area contributed by atoms with Crippen molar-refractivity contribution in [3.63, 3.8) is 0 Å². The van der Waals surface area contributed by atoms with Crippen LogP contribution in [0.2, 0.25) is 0 Å². The van der Waals surface area contributed by atoms with Gasteiger partial charge in [0.05, 0.1) is 11.9 Å². The second-order valence-corrected chi connectivity index (χ2v) is 5.78. The molecule has 1 aromatic heterocycles. The Morgan fingerprint density at radius 2 is 2.19 bits per heavy atom. The minimum atomic E-state index is 0.410. The third kappa shape index (κ3) is 2.29. The fraction of sp³-hybridized carbons (Fsp3) is 0.615. The second-order valence-electron chi connectivity index (χ2n) is 4.80. The van der Waals surface area contributed by atoms with E-state index in [-0.39, 0.29) is 0 Å². The predicted octanol–water partition coefficient (Wildman–Crippen LogP) is 3.91. The summed E-state index contributed by atoms with van der Waals surface area (Å²) in [5, 5.41) is 10.2. The monoisotopic (exact) mass is 236 g/mol. The minimum Gasteiger partial charge on any atom is -0.352 e. The molecule has 0 amide bonds. The molecule has 1 unspecified atom stereocenters. The Morgan fingerprint density at radius 3 is 2.75 bits per heavy atom. The summed E-state index contributed by atoms with van der Waals surface area (Å²) >= 11 is 1.82. The van der Waals surface area contributed by atoms with Crippen molar-refractivity contribution in [3.8, 4) is 0 Å². The number of nitrogens with zero attached hydrogens (tertiary/aromatic N) is 1. The molecule has 0 bridgehead atoms. The third-order valence-corrected chi connectivity index (χ3v) is 4.15. The molecule has 1 aliphatic rings. The Balaban J connectivity index is 2.22. The van der Waals surface area contributed by atoms with Gasteiger partial charge in [-0.2, -0.15) is 0 Å². The van der Waals surface area contributed by atoms with Crippen molar-refractivity contribution in [3.05, 3.63) is 22.4 Å². The summed E-state index contributed by atoms with van der Waals surface area (Å²) in [6, 6.07) is 4.73. The van der Waals surface area contributed by atoms with Crippen LogP contribution in [0.1, 0.15) is 44.0 Å². The predicted molar refractivity (Wildman–Crippen MR) is 70.2 cm³/mol. The zero-order valence-electron chi connectivity index (χ0n) is 10.1. The SMILES string of the molecule is CC(C)C(c1cccs1)N1CCCCC1=N. The molecule has 0 saturated carbocycles. The van der Waals surface area contributed by atoms with E-state index in [1.165, 1.54) is 17.7 Å². The Bertz CT molecular complexity index is 343. The summed E-state index contributed by atoms with van der Waals surface area (Å²) in [4.78, 5) is 3.71. The smallest absolute Gasteiger partial charge is 0.0963 e. The molecular weight excluding hydrogens is 216 g/mol. The number of rotatable bonds is 3. The number of hydrogen-bond acceptors (Lipinski definition) is 2. The normalized spacial score (nSPS) is 19.2. The highest BCUT2D eigenvalue weighted by atomic mass is 32.1. The average molecular weight is 236 g/mol. The summed E-state index contributed by atoms with van der Waals surface area (Å²) in [6.07, 6.45) is 3.37. The maximum Gasteiger partial charge on any atom is 0.0963 e. The van der Waals surface area contributed by atoms with E-state index >= 15 is 0 Å². The maximum atomic E-state index is 8.10. The van der Waals surface area contributed by atoms with Crippen LogP contribution >= 0.6 is 11.3 Å². The van der Waals surface area contributed by atoms with E-state index in [1.807, 2.05) is 11.3 Å². The quantitative estimate of drug-likeness (QED) is 0.846. The van der Waals surface area contributed by atoms with Crippen molar-refractivity contribution in [2.75, 3.05) is 6.54 Å². The summed E-state index contributed by atoms with van der Waals surface area (Å²) in [5.74, 6) is 1.40. The lowest BCUT2D eigenvalue weighted by Crippen LogP contribution is -2.39. The van der Waals surface area contributed by atoms with E-state index < -0.39 is 0 Å². The molecule has 1 aliphatic heterocycles. The van der Waals surface area contributed by atoms with Crippen molar-refractivity contribution in [1.82, 2.24) is 4.90 Å². The van der Waals surface area contributed by atoms with Crippen LogP contribution in [0, 0.1) is 11.3 Å². The minimum absolute atomic E-state index is 0.410. The zero-order valence-corrected chi connectivity index (χ0v) is 10.9. The van der Waals surface area contributed by atoms with Gasteiger partial charge >= 0.3 is 0 Å². The Kier molecular flexibility index (Phi) is 3.64. The largest absolute Gasteiger partial charge is 0.352 e. The van der Waals surface area contributed by atoms with Gasteiger partial charge in [-0.05, 0) is 30.2 Å². The maximum absolute atomic E-state index is 8.10. The van der Waals surface area contributed by atoms with Gasteiger partial charge in [0, 0.05) is 17.8 Å². The van der Waals surface area contributed by atoms with Gasteiger partial charge in [-0.3, -0.25) is 5.41 Å². The average Bonchev–Trinajstić information content (AvgIpc) is 2.74. The van der Waals surface area contributed by atoms with Crippen molar-refractivity contribution in [2.45, 2.75) is 39.2 Å². The molecular formula is C13H20N2S. The Labute approximate surface area is 102 Å². The van der Waals surface area contributed by atoms with E-state index in [1.54, 1.807) is 0 Å². The van der Waals surface area contributed by atoms with E-state index in [9.17, 15) is 0 Å². The van der Waals surface area contributed by atoms with Crippen LogP contribution < -0.4 is 0 Å². The van der Waals surface area contributed by atoms with Gasteiger partial charge in [0.15, 0.2) is 0 Å². The molecule has 0 aliphatic carbocycles. The number of hydrogen-bond donors (Lipinski definition) is 1. The van der Waals surface area contributed by atoms with Crippen LogP contribution in [0.4, 0.5) is 0 Å². The van der Waals surface area contributed by atoms with Crippen molar-refractivity contribution < 1.29 is 0 Å². The molecule has 16 heavy (non-hydrogen) atoms. The highest BCUT2D eigenvalue weighted by molar-refractivity contribution is 7.10. The molecule has 2 rings (SSSR count). The van der Waals surface area contributed by atoms with Gasteiger partial charge in [-0.15, -0.1) is 11.3 Å². The summed E-state index contributed by atoms with van der Waals surface area (Å²) < 4.78 is 0. The zero-order chi connectivity index (χ0) is 11.5. The van der Waals surface area contributed by atoms with Gasteiger partial charge in [0.2, 0.25) is 0 Å². The van der Waals surface area contributed by atoms with Crippen molar-refractivity contribution in [2.24, 2.45) is 5.92 Å². The van der Waals surface area contributed by atoms with E-state index in [2.05, 4.69) is 36.3 Å². The van der Waals surface area contributed by atoms with Gasteiger partial charge < -0.3 is 4.90 Å². The van der Waals surface area contributed by atoms with E-state index in [0.717, 1.165) is 18.8 Å². The van der Waals surface area contributed by atoms with Gasteiger partial charge in [-0.1, -0.05) is 19.9 Å². The van der Waals surface area contributed by atoms with E-state index in [4.69, 9.17) is 5.41 Å². The fourth-order valence-electron chi connectivity index (χ4n) is 2.46. The highest BCUT2D eigenvalue weighted by Crippen LogP contribution is 2.34. The van der Waals surface area contributed by atoms with Crippen LogP contribution in [-0.4, -0.2) is 17.3 Å². The first-order chi connectivity index (χ1) is 7.70. The van der Waals surface area contributed by atoms with Crippen LogP contribution in [0.3, 0.4) is 0 Å². The first kappa shape index (κ1) is 11.6. The number of thiophene rings is 1. The molecule has 1 aromatic rings. The van der Waals surface area contributed by atoms with Crippen LogP contribution in [0.25, 0.3) is 0 Å². The fourth-order valence-corrected chi connectivity index (χ4v) is 3.47. The molecule has 0 aromatic carbocycles. The number of likely N-dealkylation sites (tertiary alicyclic amines) is 1. The first-order valence-corrected chi connectivity index (χ1v) is 6.95. The van der Waals surface area contributed by atoms with Gasteiger partial charge in [0.1, 0.15) is 0 Å². The molecule has 1 N–H and O–H groups in total. The summed E-state index contributed by atoms with van der Waals surface area (Å²) in [6.45, 7) is 5.57. The van der Waals surface area contributed by atoms with Crippen molar-refractivity contribution in [1.29, 1.82) is 5.41 Å². The van der Waals surface area contributed by atoms with E-state index in [0.29, 0.717) is 12.0 Å². The Hall–Kier alpha value is -0.830. The lowest BCUT2D eigenvalue weighted by atomic mass is 9.97. The topological polar surface area (TPSA) is 27.1 Å². The summed E-state index contributed by atoms with van der Waals surface area (Å²) in [5.41, 5.74) is 0. The first-order valence-electron chi connectivity index (χ1n) is 6.07. The van der Waals surface area contributed by atoms with Crippen LogP contribution in [0.15, 0.2) is 17.5 Å². The highest BCUT2D eigenvalue weighted by Gasteiger charge is 2.27. The molecule has 2 nitrogen and oxygen atoms in total. The molecule has 1 atom stereocenters. The molecule has 0 spiro atoms. The molecule has 3 heteroatoms. The molecule has 88 valence electrons. The lowest BCUT2D eigenvalue weighted by molar-refractivity contribution is 0.232. The molecule has 1 fully saturated rings. The second kappa shape index (κ2) is 5.00. The lowest BCUT2D eigenvalue weighted by Gasteiger charge is -2.38. The number of amidine groups is 1. The molecule has 2 heterocycles. The van der Waals surface area contributed by atoms with Crippen LogP contribution in [0.5, 0.6) is 0 Å². The molecule has 0 radical (unpaired) electrons. The Morgan fingerprint density at radius 1 is 1.38 bits per heavy atom. The molecule has 1 saturated heterocycles. The van der Waals surface area contributed by atoms with Crippen molar-refractivity contribution >= 4 is 17.2 Å². The number of nitrogens with one attached hydrogen (secondary N) is 1. The standard InChI is InChI=1S/C13H20N2S/c1-10(2)13(11-6-5-9-16-11)15-8-4-3-7-12(15)14/h5-6,9-10,13-14H,3-4,7-8H2,1-2H3.